The molecule has 3 aromatic carbocycles. The van der Waals surface area contributed by atoms with Crippen molar-refractivity contribution in [3.8, 4) is 5.75 Å². The zero-order chi connectivity index (χ0) is 21.5. The van der Waals surface area contributed by atoms with Crippen LogP contribution in [0.4, 0.5) is 14.5 Å². The number of alkyl halides is 2. The Bertz CT molecular complexity index is 991. The molecule has 0 radical (unpaired) electrons. The Hall–Kier alpha value is -3.74. The van der Waals surface area contributed by atoms with Gasteiger partial charge in [0.1, 0.15) is 5.75 Å². The van der Waals surface area contributed by atoms with E-state index in [0.29, 0.717) is 23.4 Å². The van der Waals surface area contributed by atoms with Crippen LogP contribution in [0.3, 0.4) is 0 Å². The highest BCUT2D eigenvalue weighted by Gasteiger charge is 2.13. The minimum Gasteiger partial charge on any atom is -0.435 e. The summed E-state index contributed by atoms with van der Waals surface area (Å²) < 4.78 is 28.7. The maximum Gasteiger partial charge on any atom is 0.387 e. The topological polar surface area (TPSA) is 58.6 Å². The van der Waals surface area contributed by atoms with Crippen LogP contribution in [-0.2, 0) is 6.54 Å². The van der Waals surface area contributed by atoms with E-state index >= 15 is 0 Å². The van der Waals surface area contributed by atoms with Crippen LogP contribution in [0.5, 0.6) is 5.75 Å². The second-order valence-electron chi connectivity index (χ2n) is 6.58. The molecule has 0 aliphatic heterocycles. The van der Waals surface area contributed by atoms with Crippen molar-refractivity contribution in [3.63, 3.8) is 0 Å². The Morgan fingerprint density at radius 1 is 0.900 bits per heavy atom. The van der Waals surface area contributed by atoms with Crippen molar-refractivity contribution in [1.29, 1.82) is 0 Å². The second-order valence-corrected chi connectivity index (χ2v) is 6.58. The first-order chi connectivity index (χ1) is 14.4. The summed E-state index contributed by atoms with van der Waals surface area (Å²) in [6, 6.07) is 21.6. The molecular weight excluding hydrogens is 390 g/mol. The molecule has 3 rings (SSSR count). The highest BCUT2D eigenvalue weighted by molar-refractivity contribution is 6.04. The summed E-state index contributed by atoms with van der Waals surface area (Å²) in [5, 5.41) is 2.78. The van der Waals surface area contributed by atoms with Crippen LogP contribution in [0.1, 0.15) is 26.3 Å². The lowest BCUT2D eigenvalue weighted by Gasteiger charge is -2.18. The van der Waals surface area contributed by atoms with Crippen LogP contribution in [0, 0.1) is 0 Å². The summed E-state index contributed by atoms with van der Waals surface area (Å²) in [7, 11) is 1.65. The lowest BCUT2D eigenvalue weighted by Crippen LogP contribution is -2.26. The number of amides is 2. The largest absolute Gasteiger partial charge is 0.435 e. The van der Waals surface area contributed by atoms with Gasteiger partial charge in [0, 0.05) is 30.4 Å². The number of nitrogens with one attached hydrogen (secondary N) is 1. The van der Waals surface area contributed by atoms with Crippen LogP contribution in [0.2, 0.25) is 0 Å². The molecule has 1 N–H and O–H groups in total. The monoisotopic (exact) mass is 410 g/mol. The fourth-order valence-corrected chi connectivity index (χ4v) is 2.83. The van der Waals surface area contributed by atoms with Gasteiger partial charge in [-0.3, -0.25) is 9.59 Å². The average molecular weight is 410 g/mol. The molecule has 0 fully saturated rings. The predicted octanol–water partition coefficient (Wildman–Crippen LogP) is 4.81. The lowest BCUT2D eigenvalue weighted by molar-refractivity contribution is -0.0498. The van der Waals surface area contributed by atoms with Gasteiger partial charge >= 0.3 is 6.61 Å². The van der Waals surface area contributed by atoms with Gasteiger partial charge in [-0.15, -0.1) is 0 Å². The van der Waals surface area contributed by atoms with E-state index < -0.39 is 6.61 Å². The quantitative estimate of drug-likeness (QED) is 0.608. The molecule has 0 saturated heterocycles. The summed E-state index contributed by atoms with van der Waals surface area (Å²) in [4.78, 5) is 26.3. The Kier molecular flexibility index (Phi) is 6.75. The molecule has 0 atom stereocenters. The number of nitrogens with zero attached hydrogens (tertiary/aromatic N) is 1. The van der Waals surface area contributed by atoms with Gasteiger partial charge < -0.3 is 15.0 Å². The van der Waals surface area contributed by atoms with Crippen molar-refractivity contribution in [2.75, 3.05) is 12.4 Å². The summed E-state index contributed by atoms with van der Waals surface area (Å²) in [6.07, 6.45) is 0. The molecule has 0 aliphatic rings. The van der Waals surface area contributed by atoms with Crippen LogP contribution < -0.4 is 10.1 Å². The first-order valence-electron chi connectivity index (χ1n) is 9.18. The zero-order valence-electron chi connectivity index (χ0n) is 16.2. The first kappa shape index (κ1) is 21.0. The molecule has 0 bridgehead atoms. The first-order valence-corrected chi connectivity index (χ1v) is 9.18. The number of rotatable bonds is 7. The summed E-state index contributed by atoms with van der Waals surface area (Å²) in [6.45, 7) is -2.57. The van der Waals surface area contributed by atoms with Crippen molar-refractivity contribution in [2.24, 2.45) is 0 Å². The van der Waals surface area contributed by atoms with E-state index in [1.165, 1.54) is 17.0 Å². The smallest absolute Gasteiger partial charge is 0.387 e. The molecule has 0 aliphatic carbocycles. The minimum atomic E-state index is -2.87. The normalized spacial score (nSPS) is 10.5. The highest BCUT2D eigenvalue weighted by atomic mass is 19.3. The Labute approximate surface area is 172 Å². The molecule has 0 saturated carbocycles. The zero-order valence-corrected chi connectivity index (χ0v) is 16.2. The molecule has 0 spiro atoms. The van der Waals surface area contributed by atoms with Crippen LogP contribution in [0.25, 0.3) is 0 Å². The van der Waals surface area contributed by atoms with Crippen LogP contribution in [0.15, 0.2) is 78.9 Å². The number of carbonyl (C=O) groups is 2. The standard InChI is InChI=1S/C23H20F2N2O3/c1-27(15-16-7-13-20(14-8-16)30-23(24)25)22(29)18-9-11-19(12-10-18)26-21(28)17-5-3-2-4-6-17/h2-14,23H,15H2,1H3,(H,26,28). The van der Waals surface area contributed by atoms with Gasteiger partial charge in [-0.25, -0.2) is 0 Å². The molecule has 0 heterocycles. The third kappa shape index (κ3) is 5.64. The van der Waals surface area contributed by atoms with Gasteiger partial charge in [0.05, 0.1) is 0 Å². The van der Waals surface area contributed by atoms with E-state index in [1.54, 1.807) is 67.7 Å². The van der Waals surface area contributed by atoms with E-state index in [9.17, 15) is 18.4 Å². The van der Waals surface area contributed by atoms with Crippen molar-refractivity contribution in [2.45, 2.75) is 13.2 Å². The number of halogens is 2. The summed E-state index contributed by atoms with van der Waals surface area (Å²) in [5.74, 6) is -0.370. The fraction of sp³-hybridized carbons (Fsp3) is 0.130. The van der Waals surface area contributed by atoms with Crippen molar-refractivity contribution < 1.29 is 23.1 Å². The van der Waals surface area contributed by atoms with Crippen molar-refractivity contribution in [3.05, 3.63) is 95.6 Å². The average Bonchev–Trinajstić information content (AvgIpc) is 2.75. The van der Waals surface area contributed by atoms with E-state index in [4.69, 9.17) is 0 Å². The van der Waals surface area contributed by atoms with E-state index in [-0.39, 0.29) is 17.6 Å². The number of carbonyl (C=O) groups excluding carboxylic acids is 2. The lowest BCUT2D eigenvalue weighted by atomic mass is 10.1. The van der Waals surface area contributed by atoms with Crippen LogP contribution in [-0.4, -0.2) is 30.4 Å². The van der Waals surface area contributed by atoms with E-state index in [2.05, 4.69) is 10.1 Å². The Morgan fingerprint density at radius 3 is 2.13 bits per heavy atom. The molecule has 154 valence electrons. The fourth-order valence-electron chi connectivity index (χ4n) is 2.83. The Balaban J connectivity index is 1.59. The van der Waals surface area contributed by atoms with Gasteiger partial charge in [0.25, 0.3) is 11.8 Å². The second kappa shape index (κ2) is 9.65. The van der Waals surface area contributed by atoms with Gasteiger partial charge in [-0.1, -0.05) is 30.3 Å². The van der Waals surface area contributed by atoms with E-state index in [0.717, 1.165) is 5.56 Å². The predicted molar refractivity (Wildman–Crippen MR) is 110 cm³/mol. The van der Waals surface area contributed by atoms with Gasteiger partial charge in [-0.2, -0.15) is 8.78 Å². The molecule has 2 amide bonds. The van der Waals surface area contributed by atoms with Gasteiger partial charge in [0.2, 0.25) is 0 Å². The molecule has 5 nitrogen and oxygen atoms in total. The third-order valence-electron chi connectivity index (χ3n) is 4.34. The molecule has 3 aromatic rings. The number of benzene rings is 3. The molecule has 0 unspecified atom stereocenters. The third-order valence-corrected chi connectivity index (χ3v) is 4.34. The van der Waals surface area contributed by atoms with Crippen LogP contribution >= 0.6 is 0 Å². The molecular formula is C23H20F2N2O3. The number of ether oxygens (including phenoxy) is 1. The molecule has 0 aromatic heterocycles. The highest BCUT2D eigenvalue weighted by Crippen LogP contribution is 2.17. The maximum absolute atomic E-state index is 12.6. The van der Waals surface area contributed by atoms with Crippen molar-refractivity contribution in [1.82, 2.24) is 4.90 Å². The van der Waals surface area contributed by atoms with Crippen molar-refractivity contribution >= 4 is 17.5 Å². The SMILES string of the molecule is CN(Cc1ccc(OC(F)F)cc1)C(=O)c1ccc(NC(=O)c2ccccc2)cc1. The summed E-state index contributed by atoms with van der Waals surface area (Å²) >= 11 is 0. The maximum atomic E-state index is 12.6. The minimum absolute atomic E-state index is 0.0656. The number of hydrogen-bond donors (Lipinski definition) is 1. The van der Waals surface area contributed by atoms with Gasteiger partial charge in [0.15, 0.2) is 0 Å². The number of anilines is 1. The summed E-state index contributed by atoms with van der Waals surface area (Å²) in [5.41, 5.74) is 2.37. The Morgan fingerprint density at radius 2 is 1.53 bits per heavy atom. The number of hydrogen-bond acceptors (Lipinski definition) is 3. The molecule has 7 heteroatoms. The van der Waals surface area contributed by atoms with Gasteiger partial charge in [-0.05, 0) is 54.1 Å². The van der Waals surface area contributed by atoms with E-state index in [1.807, 2.05) is 6.07 Å². The molecule has 30 heavy (non-hydrogen) atoms.